The van der Waals surface area contributed by atoms with Crippen LogP contribution in [0.5, 0.6) is 17.2 Å². The van der Waals surface area contributed by atoms with Gasteiger partial charge in [-0.2, -0.15) is 4.31 Å². The summed E-state index contributed by atoms with van der Waals surface area (Å²) in [5.74, 6) is 1.55. The third-order valence-corrected chi connectivity index (χ3v) is 7.37. The highest BCUT2D eigenvalue weighted by Gasteiger charge is 2.30. The summed E-state index contributed by atoms with van der Waals surface area (Å²) in [5, 5.41) is 3.02. The van der Waals surface area contributed by atoms with Crippen molar-refractivity contribution in [2.24, 2.45) is 0 Å². The van der Waals surface area contributed by atoms with E-state index in [0.29, 0.717) is 62.0 Å². The third-order valence-electron chi connectivity index (χ3n) is 5.45. The van der Waals surface area contributed by atoms with Crippen molar-refractivity contribution in [1.29, 1.82) is 0 Å². The van der Waals surface area contributed by atoms with Crippen molar-refractivity contribution in [3.63, 3.8) is 0 Å². The number of sulfonamides is 1. The molecule has 1 fully saturated rings. The minimum Gasteiger partial charge on any atom is -0.497 e. The van der Waals surface area contributed by atoms with Crippen LogP contribution in [0, 0.1) is 0 Å². The Bertz CT molecular complexity index is 1030. The van der Waals surface area contributed by atoms with Gasteiger partial charge in [0.25, 0.3) is 5.91 Å². The monoisotopic (exact) mass is 476 g/mol. The number of carbonyl (C=O) groups excluding carboxylic acids is 1. The minimum atomic E-state index is -3.58. The maximum absolute atomic E-state index is 12.9. The van der Waals surface area contributed by atoms with Crippen LogP contribution >= 0.6 is 0 Å². The lowest BCUT2D eigenvalue weighted by atomic mass is 10.1. The average Bonchev–Trinajstić information content (AvgIpc) is 2.83. The van der Waals surface area contributed by atoms with Crippen LogP contribution in [0.15, 0.2) is 47.4 Å². The number of benzene rings is 2. The zero-order chi connectivity index (χ0) is 23.8. The number of amides is 1. The summed E-state index contributed by atoms with van der Waals surface area (Å²) in [6.07, 6.45) is 1.95. The molecule has 1 aliphatic rings. The van der Waals surface area contributed by atoms with Crippen LogP contribution in [-0.2, 0) is 10.0 Å². The van der Waals surface area contributed by atoms with Gasteiger partial charge in [0.15, 0.2) is 11.5 Å². The number of methoxy groups -OCH3 is 1. The predicted octanol–water partition coefficient (Wildman–Crippen LogP) is 3.47. The number of piperidine rings is 1. The van der Waals surface area contributed by atoms with Gasteiger partial charge in [0, 0.05) is 24.7 Å². The van der Waals surface area contributed by atoms with Gasteiger partial charge in [-0.3, -0.25) is 4.79 Å². The molecule has 0 saturated carbocycles. The zero-order valence-corrected chi connectivity index (χ0v) is 20.2. The standard InChI is InChI=1S/C24H32N2O6S/c1-4-16-32-22-11-6-18(17-23(22)31-5-2)24(27)25-19-12-14-26(15-13-19)33(28,29)21-9-7-20(30-3)8-10-21/h6-11,17,19H,4-5,12-16H2,1-3H3,(H,25,27). The Balaban J connectivity index is 1.60. The van der Waals surface area contributed by atoms with Crippen LogP contribution in [0.1, 0.15) is 43.5 Å². The molecule has 2 aromatic carbocycles. The van der Waals surface area contributed by atoms with E-state index in [9.17, 15) is 13.2 Å². The Hall–Kier alpha value is -2.78. The van der Waals surface area contributed by atoms with Gasteiger partial charge >= 0.3 is 0 Å². The second-order valence-electron chi connectivity index (χ2n) is 7.77. The first-order valence-corrected chi connectivity index (χ1v) is 12.7. The molecule has 0 spiro atoms. The van der Waals surface area contributed by atoms with E-state index < -0.39 is 10.0 Å². The first-order valence-electron chi connectivity index (χ1n) is 11.2. The lowest BCUT2D eigenvalue weighted by Crippen LogP contribution is -2.46. The highest BCUT2D eigenvalue weighted by Crippen LogP contribution is 2.29. The molecule has 1 heterocycles. The third kappa shape index (κ3) is 6.17. The lowest BCUT2D eigenvalue weighted by molar-refractivity contribution is 0.0923. The summed E-state index contributed by atoms with van der Waals surface area (Å²) >= 11 is 0. The highest BCUT2D eigenvalue weighted by atomic mass is 32.2. The number of rotatable bonds is 10. The second-order valence-corrected chi connectivity index (χ2v) is 9.71. The van der Waals surface area contributed by atoms with Gasteiger partial charge < -0.3 is 19.5 Å². The Morgan fingerprint density at radius 1 is 1.03 bits per heavy atom. The Morgan fingerprint density at radius 3 is 2.33 bits per heavy atom. The number of ether oxygens (including phenoxy) is 3. The molecule has 33 heavy (non-hydrogen) atoms. The fraction of sp³-hybridized carbons (Fsp3) is 0.458. The molecule has 0 aliphatic carbocycles. The van der Waals surface area contributed by atoms with E-state index in [2.05, 4.69) is 5.32 Å². The fourth-order valence-corrected chi connectivity index (χ4v) is 5.12. The Morgan fingerprint density at radius 2 is 1.73 bits per heavy atom. The predicted molar refractivity (Wildman–Crippen MR) is 126 cm³/mol. The summed E-state index contributed by atoms with van der Waals surface area (Å²) in [5.41, 5.74) is 0.482. The average molecular weight is 477 g/mol. The van der Waals surface area contributed by atoms with Gasteiger partial charge in [0.05, 0.1) is 25.2 Å². The zero-order valence-electron chi connectivity index (χ0n) is 19.4. The van der Waals surface area contributed by atoms with Crippen LogP contribution in [0.2, 0.25) is 0 Å². The molecule has 1 N–H and O–H groups in total. The van der Waals surface area contributed by atoms with E-state index in [1.165, 1.54) is 11.4 Å². The molecule has 0 aromatic heterocycles. The van der Waals surface area contributed by atoms with E-state index in [1.807, 2.05) is 13.8 Å². The van der Waals surface area contributed by atoms with Crippen LogP contribution in [0.3, 0.4) is 0 Å². The number of hydrogen-bond acceptors (Lipinski definition) is 6. The van der Waals surface area contributed by atoms with Crippen LogP contribution in [0.25, 0.3) is 0 Å². The molecule has 180 valence electrons. The van der Waals surface area contributed by atoms with Gasteiger partial charge in [-0.15, -0.1) is 0 Å². The summed E-state index contributed by atoms with van der Waals surface area (Å²) in [6.45, 7) is 5.62. The number of nitrogens with zero attached hydrogens (tertiary/aromatic N) is 1. The molecule has 0 atom stereocenters. The molecule has 1 saturated heterocycles. The molecule has 0 unspecified atom stereocenters. The van der Waals surface area contributed by atoms with E-state index in [-0.39, 0.29) is 16.8 Å². The van der Waals surface area contributed by atoms with E-state index >= 15 is 0 Å². The maximum atomic E-state index is 12.9. The Kier molecular flexibility index (Phi) is 8.57. The SMILES string of the molecule is CCCOc1ccc(C(=O)NC2CCN(S(=O)(=O)c3ccc(OC)cc3)CC2)cc1OCC. The normalized spacial score (nSPS) is 15.1. The van der Waals surface area contributed by atoms with Gasteiger partial charge in [0.1, 0.15) is 5.75 Å². The smallest absolute Gasteiger partial charge is 0.251 e. The van der Waals surface area contributed by atoms with Gasteiger partial charge in [0.2, 0.25) is 10.0 Å². The minimum absolute atomic E-state index is 0.105. The first-order chi connectivity index (χ1) is 15.9. The van der Waals surface area contributed by atoms with E-state index in [0.717, 1.165) is 6.42 Å². The molecule has 9 heteroatoms. The number of hydrogen-bond donors (Lipinski definition) is 1. The quantitative estimate of drug-likeness (QED) is 0.564. The van der Waals surface area contributed by atoms with Crippen LogP contribution in [-0.4, -0.2) is 58.1 Å². The molecule has 8 nitrogen and oxygen atoms in total. The molecule has 0 radical (unpaired) electrons. The molecule has 2 aromatic rings. The topological polar surface area (TPSA) is 94.2 Å². The van der Waals surface area contributed by atoms with Crippen molar-refractivity contribution in [2.75, 3.05) is 33.4 Å². The molecule has 1 amide bonds. The lowest BCUT2D eigenvalue weighted by Gasteiger charge is -2.31. The fourth-order valence-electron chi connectivity index (χ4n) is 3.65. The molecule has 1 aliphatic heterocycles. The largest absolute Gasteiger partial charge is 0.497 e. The highest BCUT2D eigenvalue weighted by molar-refractivity contribution is 7.89. The van der Waals surface area contributed by atoms with Crippen LogP contribution < -0.4 is 19.5 Å². The molecule has 0 bridgehead atoms. The van der Waals surface area contributed by atoms with E-state index in [1.54, 1.807) is 42.5 Å². The van der Waals surface area contributed by atoms with Gasteiger partial charge in [-0.1, -0.05) is 6.92 Å². The first kappa shape index (κ1) is 24.9. The summed E-state index contributed by atoms with van der Waals surface area (Å²) in [6, 6.07) is 11.4. The van der Waals surface area contributed by atoms with Gasteiger partial charge in [-0.05, 0) is 68.7 Å². The molecular weight excluding hydrogens is 444 g/mol. The van der Waals surface area contributed by atoms with Crippen molar-refractivity contribution in [1.82, 2.24) is 9.62 Å². The van der Waals surface area contributed by atoms with E-state index in [4.69, 9.17) is 14.2 Å². The van der Waals surface area contributed by atoms with Crippen molar-refractivity contribution in [3.8, 4) is 17.2 Å². The maximum Gasteiger partial charge on any atom is 0.251 e. The van der Waals surface area contributed by atoms with Gasteiger partial charge in [-0.25, -0.2) is 8.42 Å². The summed E-state index contributed by atoms with van der Waals surface area (Å²) in [4.78, 5) is 13.0. The Labute approximate surface area is 195 Å². The van der Waals surface area contributed by atoms with Crippen molar-refractivity contribution >= 4 is 15.9 Å². The second kappa shape index (κ2) is 11.4. The van der Waals surface area contributed by atoms with Crippen molar-refractivity contribution < 1.29 is 27.4 Å². The number of nitrogens with one attached hydrogen (secondary N) is 1. The van der Waals surface area contributed by atoms with Crippen LogP contribution in [0.4, 0.5) is 0 Å². The summed E-state index contributed by atoms with van der Waals surface area (Å²) < 4.78 is 43.7. The number of carbonyl (C=O) groups is 1. The summed E-state index contributed by atoms with van der Waals surface area (Å²) in [7, 11) is -2.04. The molecular formula is C24H32N2O6S. The van der Waals surface area contributed by atoms with Crippen molar-refractivity contribution in [2.45, 2.75) is 44.0 Å². The van der Waals surface area contributed by atoms with Crippen molar-refractivity contribution in [3.05, 3.63) is 48.0 Å². The molecule has 3 rings (SSSR count).